The van der Waals surface area contributed by atoms with E-state index in [9.17, 15) is 0 Å². The molecule has 168 valence electrons. The minimum absolute atomic E-state index is 0. The van der Waals surface area contributed by atoms with E-state index in [1.807, 2.05) is 63.5 Å². The number of para-hydroxylation sites is 1. The largest absolute Gasteiger partial charge is 0.464 e. The lowest BCUT2D eigenvalue weighted by atomic mass is 10.0. The second-order valence-electron chi connectivity index (χ2n) is 6.68. The first-order valence-corrected chi connectivity index (χ1v) is 11.4. The first-order chi connectivity index (χ1) is 13.6. The van der Waals surface area contributed by atoms with Crippen LogP contribution in [0.2, 0.25) is 0 Å². The van der Waals surface area contributed by atoms with Crippen molar-refractivity contribution >= 4 is 32.4 Å². The fraction of sp³-hybridized carbons (Fsp3) is 0.429. The van der Waals surface area contributed by atoms with Crippen molar-refractivity contribution in [3.05, 3.63) is 71.3 Å². The molecule has 2 heteroatoms. The fourth-order valence-corrected chi connectivity index (χ4v) is 4.01. The summed E-state index contributed by atoms with van der Waals surface area (Å²) in [4.78, 5) is 0. The minimum atomic E-state index is 0. The SMILES string of the molecule is C.C.CC.CC.CC(C)c1coc2ccccc12.CC(C)c1csc2ccccc12. The topological polar surface area (TPSA) is 13.1 Å². The van der Waals surface area contributed by atoms with Crippen LogP contribution in [0.25, 0.3) is 21.1 Å². The number of thiophene rings is 1. The summed E-state index contributed by atoms with van der Waals surface area (Å²) < 4.78 is 6.81. The Morgan fingerprint density at radius 1 is 0.667 bits per heavy atom. The zero-order valence-electron chi connectivity index (χ0n) is 18.7. The molecule has 2 heterocycles. The molecule has 0 saturated carbocycles. The van der Waals surface area contributed by atoms with Gasteiger partial charge < -0.3 is 4.42 Å². The van der Waals surface area contributed by atoms with E-state index in [2.05, 4.69) is 63.4 Å². The van der Waals surface area contributed by atoms with Crippen LogP contribution in [0.3, 0.4) is 0 Å². The molecule has 0 aliphatic carbocycles. The summed E-state index contributed by atoms with van der Waals surface area (Å²) in [6.45, 7) is 16.8. The van der Waals surface area contributed by atoms with Crippen molar-refractivity contribution in [3.63, 3.8) is 0 Å². The van der Waals surface area contributed by atoms with E-state index >= 15 is 0 Å². The molecule has 0 saturated heterocycles. The zero-order valence-corrected chi connectivity index (χ0v) is 19.6. The van der Waals surface area contributed by atoms with E-state index in [-0.39, 0.29) is 14.9 Å². The predicted octanol–water partition coefficient (Wildman–Crippen LogP) is 10.9. The lowest BCUT2D eigenvalue weighted by Crippen LogP contribution is -1.82. The van der Waals surface area contributed by atoms with E-state index in [1.54, 1.807) is 0 Å². The standard InChI is InChI=1S/C11H12O.C11H12S.2C2H6.2CH4/c2*1-8(2)10-7-12-11-6-4-3-5-9(10)11;2*1-2;;/h2*3-8H,1-2H3;2*1-2H3;2*1H4. The molecule has 0 radical (unpaired) electrons. The van der Waals surface area contributed by atoms with E-state index < -0.39 is 0 Å². The molecule has 30 heavy (non-hydrogen) atoms. The van der Waals surface area contributed by atoms with Crippen LogP contribution in [0.1, 0.15) is 93.2 Å². The number of fused-ring (bicyclic) bond motifs is 2. The Balaban J connectivity index is 0. The molecule has 2 aromatic carbocycles. The van der Waals surface area contributed by atoms with Crippen molar-refractivity contribution in [2.45, 2.75) is 82.1 Å². The second-order valence-corrected chi connectivity index (χ2v) is 7.60. The quantitative estimate of drug-likeness (QED) is 0.309. The average Bonchev–Trinajstić information content (AvgIpc) is 3.36. The van der Waals surface area contributed by atoms with Gasteiger partial charge in [-0.25, -0.2) is 0 Å². The normalized spacial score (nSPS) is 9.40. The first-order valence-electron chi connectivity index (χ1n) is 10.5. The molecule has 1 nitrogen and oxygen atoms in total. The highest BCUT2D eigenvalue weighted by atomic mass is 32.1. The van der Waals surface area contributed by atoms with E-state index in [0.29, 0.717) is 11.8 Å². The Kier molecular flexibility index (Phi) is 15.8. The highest BCUT2D eigenvalue weighted by Crippen LogP contribution is 2.30. The molecule has 0 unspecified atom stereocenters. The molecule has 0 aliphatic heterocycles. The molecule has 0 spiro atoms. The average molecular weight is 429 g/mol. The van der Waals surface area contributed by atoms with Crippen LogP contribution >= 0.6 is 11.3 Å². The van der Waals surface area contributed by atoms with Gasteiger partial charge in [-0.3, -0.25) is 0 Å². The molecule has 0 bridgehead atoms. The van der Waals surface area contributed by atoms with Gasteiger partial charge in [-0.1, -0.05) is 107 Å². The van der Waals surface area contributed by atoms with Gasteiger partial charge in [-0.05, 0) is 40.3 Å². The van der Waals surface area contributed by atoms with Crippen LogP contribution in [0, 0.1) is 0 Å². The van der Waals surface area contributed by atoms with Crippen molar-refractivity contribution in [2.24, 2.45) is 0 Å². The van der Waals surface area contributed by atoms with Gasteiger partial charge >= 0.3 is 0 Å². The van der Waals surface area contributed by atoms with Gasteiger partial charge in [0.25, 0.3) is 0 Å². The van der Waals surface area contributed by atoms with Gasteiger partial charge in [0.2, 0.25) is 0 Å². The Morgan fingerprint density at radius 2 is 1.17 bits per heavy atom. The number of hydrogen-bond donors (Lipinski definition) is 0. The van der Waals surface area contributed by atoms with Crippen molar-refractivity contribution in [1.29, 1.82) is 0 Å². The molecular formula is C28H44OS. The van der Waals surface area contributed by atoms with Gasteiger partial charge in [0.15, 0.2) is 0 Å². The highest BCUT2D eigenvalue weighted by molar-refractivity contribution is 7.17. The van der Waals surface area contributed by atoms with Gasteiger partial charge in [-0.2, -0.15) is 0 Å². The van der Waals surface area contributed by atoms with Crippen LogP contribution in [-0.2, 0) is 0 Å². The third-order valence-corrected chi connectivity index (χ3v) is 5.25. The van der Waals surface area contributed by atoms with Gasteiger partial charge in [0.05, 0.1) is 6.26 Å². The van der Waals surface area contributed by atoms with Crippen LogP contribution in [-0.4, -0.2) is 0 Å². The first kappa shape index (κ1) is 30.1. The molecule has 4 aromatic rings. The predicted molar refractivity (Wildman–Crippen MR) is 142 cm³/mol. The molecule has 0 atom stereocenters. The van der Waals surface area contributed by atoms with Gasteiger partial charge in [-0.15, -0.1) is 11.3 Å². The monoisotopic (exact) mass is 428 g/mol. The van der Waals surface area contributed by atoms with Crippen molar-refractivity contribution in [1.82, 2.24) is 0 Å². The highest BCUT2D eigenvalue weighted by Gasteiger charge is 2.07. The van der Waals surface area contributed by atoms with E-state index in [0.717, 1.165) is 5.58 Å². The van der Waals surface area contributed by atoms with Crippen LogP contribution < -0.4 is 0 Å². The Morgan fingerprint density at radius 3 is 1.73 bits per heavy atom. The smallest absolute Gasteiger partial charge is 0.134 e. The lowest BCUT2D eigenvalue weighted by Gasteiger charge is -2.01. The third kappa shape index (κ3) is 7.65. The number of benzene rings is 2. The maximum absolute atomic E-state index is 5.41. The van der Waals surface area contributed by atoms with Crippen LogP contribution in [0.5, 0.6) is 0 Å². The van der Waals surface area contributed by atoms with E-state index in [4.69, 9.17) is 4.42 Å². The van der Waals surface area contributed by atoms with Crippen LogP contribution in [0.4, 0.5) is 0 Å². The Labute approximate surface area is 190 Å². The summed E-state index contributed by atoms with van der Waals surface area (Å²) in [7, 11) is 0. The van der Waals surface area contributed by atoms with Crippen molar-refractivity contribution < 1.29 is 4.42 Å². The summed E-state index contributed by atoms with van der Waals surface area (Å²) in [5, 5.41) is 4.94. The Bertz CT molecular complexity index is 850. The summed E-state index contributed by atoms with van der Waals surface area (Å²) in [6, 6.07) is 16.8. The van der Waals surface area contributed by atoms with Crippen LogP contribution in [0.15, 0.2) is 64.6 Å². The number of furan rings is 1. The molecular weight excluding hydrogens is 384 g/mol. The maximum atomic E-state index is 5.41. The fourth-order valence-electron chi connectivity index (χ4n) is 2.89. The molecule has 0 N–H and O–H groups in total. The maximum Gasteiger partial charge on any atom is 0.134 e. The summed E-state index contributed by atoms with van der Waals surface area (Å²) in [5.74, 6) is 1.18. The van der Waals surface area contributed by atoms with Gasteiger partial charge in [0.1, 0.15) is 5.58 Å². The van der Waals surface area contributed by atoms with Crippen molar-refractivity contribution in [3.8, 4) is 0 Å². The molecule has 0 aliphatic rings. The molecule has 2 aromatic heterocycles. The second kappa shape index (κ2) is 15.7. The summed E-state index contributed by atoms with van der Waals surface area (Å²) in [5.41, 5.74) is 3.77. The summed E-state index contributed by atoms with van der Waals surface area (Å²) >= 11 is 1.84. The minimum Gasteiger partial charge on any atom is -0.464 e. The van der Waals surface area contributed by atoms with Crippen molar-refractivity contribution in [2.75, 3.05) is 0 Å². The Hall–Kier alpha value is -2.06. The molecule has 4 rings (SSSR count). The summed E-state index contributed by atoms with van der Waals surface area (Å²) in [6.07, 6.45) is 1.86. The van der Waals surface area contributed by atoms with E-state index in [1.165, 1.54) is 26.6 Å². The third-order valence-electron chi connectivity index (χ3n) is 4.27. The molecule has 0 amide bonds. The van der Waals surface area contributed by atoms with Gasteiger partial charge in [0, 0.05) is 15.6 Å². The number of rotatable bonds is 2. The number of hydrogen-bond acceptors (Lipinski definition) is 2. The molecule has 0 fully saturated rings. The zero-order chi connectivity index (χ0) is 21.1. The lowest BCUT2D eigenvalue weighted by molar-refractivity contribution is 0.606.